The van der Waals surface area contributed by atoms with E-state index in [2.05, 4.69) is 0 Å². The van der Waals surface area contributed by atoms with Gasteiger partial charge >= 0.3 is 0 Å². The van der Waals surface area contributed by atoms with Gasteiger partial charge in [0.05, 0.1) is 37.5 Å². The SMILES string of the molecule is O=C(CCc1ccc(S(=O)(=O)N2CCOCC2)cc1)N(Cc1ccco1)Cc1cccs1. The van der Waals surface area contributed by atoms with Crippen molar-refractivity contribution >= 4 is 27.3 Å². The van der Waals surface area contributed by atoms with Gasteiger partial charge in [0.2, 0.25) is 15.9 Å². The largest absolute Gasteiger partial charge is 0.467 e. The summed E-state index contributed by atoms with van der Waals surface area (Å²) in [5.74, 6) is 0.771. The van der Waals surface area contributed by atoms with Crippen LogP contribution in [0.25, 0.3) is 0 Å². The summed E-state index contributed by atoms with van der Waals surface area (Å²) in [6.45, 7) is 2.52. The lowest BCUT2D eigenvalue weighted by molar-refractivity contribution is -0.132. The lowest BCUT2D eigenvalue weighted by atomic mass is 10.1. The second kappa shape index (κ2) is 10.4. The van der Waals surface area contributed by atoms with Crippen LogP contribution in [0.2, 0.25) is 0 Å². The third-order valence-electron chi connectivity index (χ3n) is 5.37. The molecular weight excluding hydrogens is 448 g/mol. The number of carbonyl (C=O) groups excluding carboxylic acids is 1. The van der Waals surface area contributed by atoms with E-state index in [4.69, 9.17) is 9.15 Å². The Bertz CT molecular complexity index is 1050. The van der Waals surface area contributed by atoms with E-state index in [1.54, 1.807) is 46.8 Å². The van der Waals surface area contributed by atoms with Gasteiger partial charge in [-0.05, 0) is 47.7 Å². The van der Waals surface area contributed by atoms with Gasteiger partial charge < -0.3 is 14.1 Å². The fourth-order valence-corrected chi connectivity index (χ4v) is 5.71. The smallest absolute Gasteiger partial charge is 0.243 e. The molecule has 3 heterocycles. The molecule has 7 nitrogen and oxygen atoms in total. The van der Waals surface area contributed by atoms with Gasteiger partial charge in [-0.3, -0.25) is 4.79 Å². The summed E-state index contributed by atoms with van der Waals surface area (Å²) >= 11 is 1.62. The minimum Gasteiger partial charge on any atom is -0.467 e. The molecule has 0 saturated carbocycles. The zero-order valence-electron chi connectivity index (χ0n) is 17.7. The van der Waals surface area contributed by atoms with Crippen molar-refractivity contribution in [3.8, 4) is 0 Å². The Kier molecular flexibility index (Phi) is 7.41. The minimum atomic E-state index is -3.51. The Morgan fingerprint density at radius 3 is 2.47 bits per heavy atom. The average molecular weight is 475 g/mol. The molecule has 1 saturated heterocycles. The van der Waals surface area contributed by atoms with Gasteiger partial charge in [-0.1, -0.05) is 18.2 Å². The standard InChI is InChI=1S/C23H26N2O5S2/c26-23(24(17-20-3-1-13-30-20)18-21-4-2-16-31-21)10-7-19-5-8-22(9-6-19)32(27,28)25-11-14-29-15-12-25/h1-6,8-9,13,16H,7,10-12,14-15,17-18H2. The van der Waals surface area contributed by atoms with Gasteiger partial charge in [-0.2, -0.15) is 4.31 Å². The van der Waals surface area contributed by atoms with Crippen LogP contribution in [0.1, 0.15) is 22.6 Å². The van der Waals surface area contributed by atoms with E-state index in [1.807, 2.05) is 29.6 Å². The molecule has 0 spiro atoms. The molecule has 0 atom stereocenters. The Labute approximate surface area is 192 Å². The second-order valence-corrected chi connectivity index (χ2v) is 10.5. The zero-order chi connectivity index (χ0) is 22.4. The summed E-state index contributed by atoms with van der Waals surface area (Å²) < 4.78 is 37.6. The molecule has 32 heavy (non-hydrogen) atoms. The van der Waals surface area contributed by atoms with E-state index in [0.29, 0.717) is 52.2 Å². The molecule has 9 heteroatoms. The zero-order valence-corrected chi connectivity index (χ0v) is 19.3. The first kappa shape index (κ1) is 22.7. The number of furan rings is 1. The molecule has 0 radical (unpaired) electrons. The lowest BCUT2D eigenvalue weighted by Gasteiger charge is -2.26. The number of amides is 1. The monoisotopic (exact) mass is 474 g/mol. The van der Waals surface area contributed by atoms with E-state index in [9.17, 15) is 13.2 Å². The summed E-state index contributed by atoms with van der Waals surface area (Å²) in [5, 5.41) is 2.00. The number of ether oxygens (including phenoxy) is 1. The number of nitrogens with zero attached hydrogens (tertiary/aromatic N) is 2. The summed E-state index contributed by atoms with van der Waals surface area (Å²) in [5.41, 5.74) is 0.924. The van der Waals surface area contributed by atoms with Crippen LogP contribution < -0.4 is 0 Å². The molecule has 3 aromatic rings. The molecule has 0 aliphatic carbocycles. The number of thiophene rings is 1. The van der Waals surface area contributed by atoms with Gasteiger partial charge in [0.1, 0.15) is 5.76 Å². The summed E-state index contributed by atoms with van der Waals surface area (Å²) in [6.07, 6.45) is 2.48. The molecule has 0 unspecified atom stereocenters. The van der Waals surface area contributed by atoms with Crippen molar-refractivity contribution in [2.75, 3.05) is 26.3 Å². The number of morpholine rings is 1. The highest BCUT2D eigenvalue weighted by atomic mass is 32.2. The molecule has 2 aromatic heterocycles. The first-order valence-electron chi connectivity index (χ1n) is 10.5. The highest BCUT2D eigenvalue weighted by Gasteiger charge is 2.26. The number of hydrogen-bond donors (Lipinski definition) is 0. The van der Waals surface area contributed by atoms with Crippen LogP contribution in [-0.2, 0) is 39.1 Å². The molecule has 1 aliphatic heterocycles. The normalized spacial score (nSPS) is 15.0. The fourth-order valence-electron chi connectivity index (χ4n) is 3.59. The molecule has 1 fully saturated rings. The van der Waals surface area contributed by atoms with Crippen LogP contribution in [-0.4, -0.2) is 49.8 Å². The third kappa shape index (κ3) is 5.66. The van der Waals surface area contributed by atoms with Crippen molar-refractivity contribution < 1.29 is 22.4 Å². The van der Waals surface area contributed by atoms with Crippen LogP contribution in [0.15, 0.2) is 69.5 Å². The molecule has 1 aromatic carbocycles. The highest BCUT2D eigenvalue weighted by molar-refractivity contribution is 7.89. The van der Waals surface area contributed by atoms with Crippen molar-refractivity contribution in [1.29, 1.82) is 0 Å². The predicted molar refractivity (Wildman–Crippen MR) is 122 cm³/mol. The fraction of sp³-hybridized carbons (Fsp3) is 0.348. The number of benzene rings is 1. The molecule has 4 rings (SSSR count). The molecule has 0 bridgehead atoms. The van der Waals surface area contributed by atoms with Crippen molar-refractivity contribution in [2.45, 2.75) is 30.8 Å². The van der Waals surface area contributed by atoms with Crippen molar-refractivity contribution in [1.82, 2.24) is 9.21 Å². The Morgan fingerprint density at radius 2 is 1.81 bits per heavy atom. The second-order valence-electron chi connectivity index (χ2n) is 7.57. The summed E-state index contributed by atoms with van der Waals surface area (Å²) in [6, 6.07) is 14.5. The van der Waals surface area contributed by atoms with E-state index < -0.39 is 10.0 Å². The van der Waals surface area contributed by atoms with Crippen LogP contribution >= 0.6 is 11.3 Å². The van der Waals surface area contributed by atoms with Gasteiger partial charge in [0, 0.05) is 24.4 Å². The summed E-state index contributed by atoms with van der Waals surface area (Å²) in [7, 11) is -3.51. The third-order valence-corrected chi connectivity index (χ3v) is 8.14. The van der Waals surface area contributed by atoms with Gasteiger partial charge in [0.25, 0.3) is 0 Å². The molecule has 170 valence electrons. The van der Waals surface area contributed by atoms with Crippen molar-refractivity contribution in [3.05, 3.63) is 76.4 Å². The maximum atomic E-state index is 13.0. The first-order chi connectivity index (χ1) is 15.5. The first-order valence-corrected chi connectivity index (χ1v) is 12.8. The number of hydrogen-bond acceptors (Lipinski definition) is 6. The number of carbonyl (C=O) groups is 1. The highest BCUT2D eigenvalue weighted by Crippen LogP contribution is 2.20. The van der Waals surface area contributed by atoms with E-state index in [1.165, 1.54) is 4.31 Å². The number of rotatable bonds is 9. The molecule has 0 N–H and O–H groups in total. The average Bonchev–Trinajstić information content (AvgIpc) is 3.52. The topological polar surface area (TPSA) is 80.1 Å². The van der Waals surface area contributed by atoms with E-state index >= 15 is 0 Å². The Hall–Kier alpha value is -2.46. The van der Waals surface area contributed by atoms with Crippen LogP contribution in [0.4, 0.5) is 0 Å². The van der Waals surface area contributed by atoms with E-state index in [-0.39, 0.29) is 10.8 Å². The minimum absolute atomic E-state index is 0.0276. The van der Waals surface area contributed by atoms with Gasteiger partial charge in [-0.15, -0.1) is 11.3 Å². The Morgan fingerprint density at radius 1 is 1.03 bits per heavy atom. The van der Waals surface area contributed by atoms with Crippen LogP contribution in [0, 0.1) is 0 Å². The maximum absolute atomic E-state index is 13.0. The molecule has 1 aliphatic rings. The maximum Gasteiger partial charge on any atom is 0.243 e. The van der Waals surface area contributed by atoms with E-state index in [0.717, 1.165) is 16.2 Å². The molecule has 1 amide bonds. The van der Waals surface area contributed by atoms with Gasteiger partial charge in [-0.25, -0.2) is 8.42 Å². The molecular formula is C23H26N2O5S2. The van der Waals surface area contributed by atoms with Crippen molar-refractivity contribution in [3.63, 3.8) is 0 Å². The number of sulfonamides is 1. The lowest BCUT2D eigenvalue weighted by Crippen LogP contribution is -2.40. The number of aryl methyl sites for hydroxylation is 1. The van der Waals surface area contributed by atoms with Crippen LogP contribution in [0.3, 0.4) is 0 Å². The van der Waals surface area contributed by atoms with Crippen LogP contribution in [0.5, 0.6) is 0 Å². The van der Waals surface area contributed by atoms with Gasteiger partial charge in [0.15, 0.2) is 0 Å². The Balaban J connectivity index is 1.38. The quantitative estimate of drug-likeness (QED) is 0.474. The summed E-state index contributed by atoms with van der Waals surface area (Å²) in [4.78, 5) is 16.2. The van der Waals surface area contributed by atoms with Crippen molar-refractivity contribution in [2.24, 2.45) is 0 Å². The predicted octanol–water partition coefficient (Wildman–Crippen LogP) is 3.52.